The summed E-state index contributed by atoms with van der Waals surface area (Å²) in [5.41, 5.74) is 1.50. The molecule has 3 aromatic rings. The number of nitrogens with zero attached hydrogens (tertiary/aromatic N) is 4. The lowest BCUT2D eigenvalue weighted by Gasteiger charge is -2.16. The molecule has 1 atom stereocenters. The highest BCUT2D eigenvalue weighted by atomic mass is 19.1. The average Bonchev–Trinajstić information content (AvgIpc) is 3.10. The third-order valence-corrected chi connectivity index (χ3v) is 3.37. The summed E-state index contributed by atoms with van der Waals surface area (Å²) < 4.78 is 14.4. The summed E-state index contributed by atoms with van der Waals surface area (Å²) >= 11 is 0. The van der Waals surface area contributed by atoms with Gasteiger partial charge in [0.15, 0.2) is 0 Å². The number of benzene rings is 2. The predicted octanol–water partition coefficient (Wildman–Crippen LogP) is 2.23. The quantitative estimate of drug-likeness (QED) is 0.784. The van der Waals surface area contributed by atoms with Crippen LogP contribution in [0.5, 0.6) is 0 Å². The lowest BCUT2D eigenvalue weighted by molar-refractivity contribution is -0.119. The minimum atomic E-state index is -0.600. The van der Waals surface area contributed by atoms with Gasteiger partial charge in [-0.25, -0.2) is 9.07 Å². The Labute approximate surface area is 132 Å². The van der Waals surface area contributed by atoms with Crippen molar-refractivity contribution < 1.29 is 9.18 Å². The smallest absolute Gasteiger partial charge is 0.249 e. The molecule has 0 unspecified atom stereocenters. The number of anilines is 1. The van der Waals surface area contributed by atoms with Crippen LogP contribution in [-0.4, -0.2) is 26.1 Å². The van der Waals surface area contributed by atoms with Crippen LogP contribution in [0.3, 0.4) is 0 Å². The molecule has 2 aromatic carbocycles. The van der Waals surface area contributed by atoms with E-state index in [0.29, 0.717) is 12.1 Å². The van der Waals surface area contributed by atoms with E-state index in [2.05, 4.69) is 20.8 Å². The van der Waals surface area contributed by atoms with E-state index < -0.39 is 6.04 Å². The van der Waals surface area contributed by atoms with Crippen molar-refractivity contribution in [3.8, 4) is 0 Å². The number of halogens is 1. The molecule has 23 heavy (non-hydrogen) atoms. The molecule has 0 bridgehead atoms. The van der Waals surface area contributed by atoms with Crippen LogP contribution < -0.4 is 5.32 Å². The summed E-state index contributed by atoms with van der Waals surface area (Å²) in [4.78, 5) is 12.6. The van der Waals surface area contributed by atoms with Crippen molar-refractivity contribution in [1.29, 1.82) is 0 Å². The zero-order chi connectivity index (χ0) is 16.1. The van der Waals surface area contributed by atoms with E-state index in [4.69, 9.17) is 0 Å². The van der Waals surface area contributed by atoms with Gasteiger partial charge in [0, 0.05) is 12.1 Å². The van der Waals surface area contributed by atoms with Crippen LogP contribution in [0.4, 0.5) is 10.1 Å². The summed E-state index contributed by atoms with van der Waals surface area (Å²) in [6, 6.07) is 14.6. The third-order valence-electron chi connectivity index (χ3n) is 3.37. The Balaban J connectivity index is 1.80. The Hall–Kier alpha value is -3.09. The van der Waals surface area contributed by atoms with Crippen LogP contribution in [-0.2, 0) is 11.2 Å². The Morgan fingerprint density at radius 3 is 2.52 bits per heavy atom. The van der Waals surface area contributed by atoms with Gasteiger partial charge in [-0.3, -0.25) is 4.79 Å². The summed E-state index contributed by atoms with van der Waals surface area (Å²) in [5, 5.41) is 13.8. The molecule has 0 saturated carbocycles. The maximum atomic E-state index is 13.0. The first-order valence-electron chi connectivity index (χ1n) is 7.05. The van der Waals surface area contributed by atoms with E-state index in [-0.39, 0.29) is 11.7 Å². The van der Waals surface area contributed by atoms with E-state index in [1.54, 1.807) is 0 Å². The van der Waals surface area contributed by atoms with Crippen LogP contribution in [0, 0.1) is 5.82 Å². The first kappa shape index (κ1) is 14.8. The van der Waals surface area contributed by atoms with Crippen molar-refractivity contribution >= 4 is 11.6 Å². The lowest BCUT2D eigenvalue weighted by Crippen LogP contribution is -2.28. The summed E-state index contributed by atoms with van der Waals surface area (Å²) in [5.74, 6) is -0.628. The summed E-state index contributed by atoms with van der Waals surface area (Å²) in [6.07, 6.45) is 1.84. The Bertz CT molecular complexity index is 759. The molecule has 116 valence electrons. The van der Waals surface area contributed by atoms with Gasteiger partial charge in [0.2, 0.25) is 5.91 Å². The minimum absolute atomic E-state index is 0.271. The molecule has 0 spiro atoms. The van der Waals surface area contributed by atoms with Gasteiger partial charge in [-0.1, -0.05) is 30.3 Å². The topological polar surface area (TPSA) is 72.7 Å². The Morgan fingerprint density at radius 1 is 1.13 bits per heavy atom. The fraction of sp³-hybridized carbons (Fsp3) is 0.125. The number of carbonyl (C=O) groups is 1. The van der Waals surface area contributed by atoms with Crippen LogP contribution in [0.15, 0.2) is 60.9 Å². The first-order valence-corrected chi connectivity index (χ1v) is 7.05. The highest BCUT2D eigenvalue weighted by molar-refractivity contribution is 5.93. The van der Waals surface area contributed by atoms with Gasteiger partial charge >= 0.3 is 0 Å². The number of rotatable bonds is 5. The second kappa shape index (κ2) is 6.78. The van der Waals surface area contributed by atoms with Crippen LogP contribution in [0.1, 0.15) is 11.6 Å². The highest BCUT2D eigenvalue weighted by Gasteiger charge is 2.22. The van der Waals surface area contributed by atoms with Gasteiger partial charge < -0.3 is 5.32 Å². The van der Waals surface area contributed by atoms with Crippen molar-refractivity contribution in [3.63, 3.8) is 0 Å². The zero-order valence-corrected chi connectivity index (χ0v) is 12.1. The van der Waals surface area contributed by atoms with Crippen molar-refractivity contribution in [1.82, 2.24) is 20.2 Å². The fourth-order valence-corrected chi connectivity index (χ4v) is 2.21. The molecule has 0 aliphatic heterocycles. The molecule has 1 heterocycles. The molecule has 0 radical (unpaired) electrons. The predicted molar refractivity (Wildman–Crippen MR) is 82.0 cm³/mol. The fourth-order valence-electron chi connectivity index (χ4n) is 2.21. The number of amides is 1. The van der Waals surface area contributed by atoms with Crippen molar-refractivity contribution in [2.45, 2.75) is 12.5 Å². The lowest BCUT2D eigenvalue weighted by atomic mass is 10.1. The normalized spacial score (nSPS) is 11.9. The molecule has 3 rings (SSSR count). The van der Waals surface area contributed by atoms with Crippen LogP contribution >= 0.6 is 0 Å². The molecule has 1 amide bonds. The van der Waals surface area contributed by atoms with Gasteiger partial charge in [0.1, 0.15) is 18.2 Å². The molecule has 0 saturated heterocycles. The van der Waals surface area contributed by atoms with Crippen molar-refractivity contribution in [3.05, 3.63) is 72.3 Å². The third kappa shape index (κ3) is 3.76. The SMILES string of the molecule is O=C(Nc1ccc(F)cc1)[C@H](Cc1ccccc1)n1cnnn1. The van der Waals surface area contributed by atoms with E-state index in [9.17, 15) is 9.18 Å². The van der Waals surface area contributed by atoms with Crippen molar-refractivity contribution in [2.24, 2.45) is 0 Å². The standard InChI is InChI=1S/C16H14FN5O/c17-13-6-8-14(9-7-13)19-16(23)15(22-11-18-20-21-22)10-12-4-2-1-3-5-12/h1-9,11,15H,10H2,(H,19,23)/t15-/m0/s1. The summed E-state index contributed by atoms with van der Waals surface area (Å²) in [7, 11) is 0. The monoisotopic (exact) mass is 311 g/mol. The van der Waals surface area contributed by atoms with E-state index in [1.807, 2.05) is 30.3 Å². The molecule has 6 nitrogen and oxygen atoms in total. The zero-order valence-electron chi connectivity index (χ0n) is 12.1. The summed E-state index contributed by atoms with van der Waals surface area (Å²) in [6.45, 7) is 0. The van der Waals surface area contributed by atoms with Gasteiger partial charge in [-0.2, -0.15) is 0 Å². The average molecular weight is 311 g/mol. The van der Waals surface area contributed by atoms with Gasteiger partial charge in [-0.05, 0) is 40.3 Å². The molecule has 0 aliphatic carbocycles. The van der Waals surface area contributed by atoms with Gasteiger partial charge in [0.05, 0.1) is 0 Å². The molecule has 0 aliphatic rings. The maximum absolute atomic E-state index is 13.0. The minimum Gasteiger partial charge on any atom is -0.324 e. The Morgan fingerprint density at radius 2 is 1.87 bits per heavy atom. The molecule has 1 aromatic heterocycles. The second-order valence-corrected chi connectivity index (χ2v) is 4.99. The van der Waals surface area contributed by atoms with Crippen LogP contribution in [0.25, 0.3) is 0 Å². The number of carbonyl (C=O) groups excluding carboxylic acids is 1. The number of tetrazole rings is 1. The maximum Gasteiger partial charge on any atom is 0.249 e. The molecule has 1 N–H and O–H groups in total. The second-order valence-electron chi connectivity index (χ2n) is 4.99. The Kier molecular flexibility index (Phi) is 4.37. The number of aromatic nitrogens is 4. The molecular weight excluding hydrogens is 297 g/mol. The molecule has 7 heteroatoms. The first-order chi connectivity index (χ1) is 11.2. The van der Waals surface area contributed by atoms with Crippen LogP contribution in [0.2, 0.25) is 0 Å². The molecule has 0 fully saturated rings. The van der Waals surface area contributed by atoms with Gasteiger partial charge in [-0.15, -0.1) is 5.10 Å². The van der Waals surface area contributed by atoms with Gasteiger partial charge in [0.25, 0.3) is 0 Å². The largest absolute Gasteiger partial charge is 0.324 e. The number of hydrogen-bond donors (Lipinski definition) is 1. The van der Waals surface area contributed by atoms with E-state index in [1.165, 1.54) is 35.3 Å². The van der Waals surface area contributed by atoms with Crippen molar-refractivity contribution in [2.75, 3.05) is 5.32 Å². The number of hydrogen-bond acceptors (Lipinski definition) is 4. The van der Waals surface area contributed by atoms with E-state index in [0.717, 1.165) is 5.56 Å². The number of nitrogens with one attached hydrogen (secondary N) is 1. The highest BCUT2D eigenvalue weighted by Crippen LogP contribution is 2.16. The van der Waals surface area contributed by atoms with E-state index >= 15 is 0 Å². The molecular formula is C16H14FN5O.